The summed E-state index contributed by atoms with van der Waals surface area (Å²) in [6.07, 6.45) is 1.68. The third kappa shape index (κ3) is 7.01. The van der Waals surface area contributed by atoms with Crippen molar-refractivity contribution in [2.75, 3.05) is 18.4 Å². The maximum absolute atomic E-state index is 12.3. The van der Waals surface area contributed by atoms with Crippen molar-refractivity contribution in [3.05, 3.63) is 41.6 Å². The number of carbonyl (C=O) groups is 1. The Morgan fingerprint density at radius 1 is 1.17 bits per heavy atom. The lowest BCUT2D eigenvalue weighted by Crippen LogP contribution is -2.28. The molecule has 0 heterocycles. The third-order valence-corrected chi connectivity index (χ3v) is 3.19. The Hall–Kier alpha value is -2.28. The van der Waals surface area contributed by atoms with E-state index in [0.29, 0.717) is 17.5 Å². The molecule has 0 atom stereocenters. The summed E-state index contributed by atoms with van der Waals surface area (Å²) in [5.74, 6) is 0.559. The number of hydrogen-bond donors (Lipinski definition) is 1. The molecule has 0 saturated heterocycles. The topological polar surface area (TPSA) is 56.1 Å². The first-order chi connectivity index (χ1) is 10.8. The Balaban J connectivity index is 2.87. The third-order valence-electron chi connectivity index (χ3n) is 3.19. The number of anilines is 1. The summed E-state index contributed by atoms with van der Waals surface area (Å²) in [7, 11) is 0. The van der Waals surface area contributed by atoms with E-state index in [2.05, 4.69) is 37.9 Å². The van der Waals surface area contributed by atoms with Crippen LogP contribution >= 0.6 is 0 Å². The molecule has 0 aliphatic carbocycles. The first-order valence-electron chi connectivity index (χ1n) is 8.05. The molecule has 1 aromatic carbocycles. The minimum Gasteiger partial charge on any atom is -0.376 e. The van der Waals surface area contributed by atoms with Crippen molar-refractivity contribution in [2.24, 2.45) is 11.8 Å². The van der Waals surface area contributed by atoms with Crippen molar-refractivity contribution in [3.8, 4) is 6.07 Å². The number of aryl methyl sites for hydroxylation is 1. The summed E-state index contributed by atoms with van der Waals surface area (Å²) in [5.41, 5.74) is 1.95. The summed E-state index contributed by atoms with van der Waals surface area (Å²) in [6, 6.07) is 9.54. The van der Waals surface area contributed by atoms with Crippen molar-refractivity contribution < 1.29 is 4.79 Å². The van der Waals surface area contributed by atoms with Crippen LogP contribution in [0.25, 0.3) is 0 Å². The molecule has 1 aromatic rings. The van der Waals surface area contributed by atoms with Crippen LogP contribution in [0.1, 0.15) is 33.3 Å². The van der Waals surface area contributed by atoms with E-state index in [1.807, 2.05) is 37.3 Å². The molecule has 1 rings (SSSR count). The van der Waals surface area contributed by atoms with Crippen molar-refractivity contribution in [1.29, 1.82) is 5.26 Å². The van der Waals surface area contributed by atoms with Gasteiger partial charge in [-0.2, -0.15) is 5.26 Å². The lowest BCUT2D eigenvalue weighted by atomic mass is 10.1. The second-order valence-electron chi connectivity index (χ2n) is 6.72. The summed E-state index contributed by atoms with van der Waals surface area (Å²) < 4.78 is 0. The van der Waals surface area contributed by atoms with E-state index in [1.165, 1.54) is 0 Å². The lowest BCUT2D eigenvalue weighted by Gasteiger charge is -2.25. The van der Waals surface area contributed by atoms with Gasteiger partial charge in [0.2, 0.25) is 0 Å². The van der Waals surface area contributed by atoms with Crippen LogP contribution in [-0.2, 0) is 4.79 Å². The highest BCUT2D eigenvalue weighted by atomic mass is 16.1. The summed E-state index contributed by atoms with van der Waals surface area (Å²) in [5, 5.41) is 12.1. The van der Waals surface area contributed by atoms with Gasteiger partial charge in [-0.15, -0.1) is 0 Å². The molecule has 0 bridgehead atoms. The van der Waals surface area contributed by atoms with Gasteiger partial charge in [0.15, 0.2) is 0 Å². The Labute approximate surface area is 139 Å². The van der Waals surface area contributed by atoms with Gasteiger partial charge in [0.05, 0.1) is 0 Å². The first kappa shape index (κ1) is 18.8. The van der Waals surface area contributed by atoms with Gasteiger partial charge in [-0.25, -0.2) is 0 Å². The molecule has 23 heavy (non-hydrogen) atoms. The number of nitrogens with zero attached hydrogens (tertiary/aromatic N) is 2. The molecule has 1 amide bonds. The van der Waals surface area contributed by atoms with Gasteiger partial charge in [0.1, 0.15) is 11.6 Å². The number of carbonyl (C=O) groups excluding carboxylic acids is 1. The SMILES string of the molecule is Cc1ccc(NC(=O)/C(C#N)=C\N(CC(C)C)CC(C)C)cc1. The number of amides is 1. The average molecular weight is 313 g/mol. The van der Waals surface area contributed by atoms with Crippen molar-refractivity contribution in [3.63, 3.8) is 0 Å². The van der Waals surface area contributed by atoms with Gasteiger partial charge in [0, 0.05) is 25.0 Å². The van der Waals surface area contributed by atoms with Gasteiger partial charge >= 0.3 is 0 Å². The Bertz CT molecular complexity index is 570. The molecular weight excluding hydrogens is 286 g/mol. The molecular formula is C19H27N3O. The van der Waals surface area contributed by atoms with E-state index < -0.39 is 0 Å². The number of nitriles is 1. The largest absolute Gasteiger partial charge is 0.376 e. The number of nitrogens with one attached hydrogen (secondary N) is 1. The first-order valence-corrected chi connectivity index (χ1v) is 8.05. The van der Waals surface area contributed by atoms with Gasteiger partial charge in [-0.3, -0.25) is 4.79 Å². The summed E-state index contributed by atoms with van der Waals surface area (Å²) in [4.78, 5) is 14.4. The average Bonchev–Trinajstić information content (AvgIpc) is 2.45. The fourth-order valence-corrected chi connectivity index (χ4v) is 2.27. The van der Waals surface area contributed by atoms with Gasteiger partial charge < -0.3 is 10.2 Å². The Morgan fingerprint density at radius 3 is 2.13 bits per heavy atom. The molecule has 0 unspecified atom stereocenters. The van der Waals surface area contributed by atoms with Gasteiger partial charge in [-0.05, 0) is 30.9 Å². The second kappa shape index (κ2) is 8.99. The van der Waals surface area contributed by atoms with Crippen LogP contribution in [0.15, 0.2) is 36.0 Å². The van der Waals surface area contributed by atoms with E-state index in [1.54, 1.807) is 6.20 Å². The summed E-state index contributed by atoms with van der Waals surface area (Å²) >= 11 is 0. The van der Waals surface area contributed by atoms with E-state index in [-0.39, 0.29) is 11.5 Å². The predicted octanol–water partition coefficient (Wildman–Crippen LogP) is 3.96. The van der Waals surface area contributed by atoms with Crippen molar-refractivity contribution in [2.45, 2.75) is 34.6 Å². The molecule has 124 valence electrons. The molecule has 0 radical (unpaired) electrons. The molecule has 4 heteroatoms. The highest BCUT2D eigenvalue weighted by Gasteiger charge is 2.13. The molecule has 0 aliphatic heterocycles. The maximum Gasteiger partial charge on any atom is 0.267 e. The Kier molecular flexibility index (Phi) is 7.34. The zero-order valence-corrected chi connectivity index (χ0v) is 14.8. The van der Waals surface area contributed by atoms with Gasteiger partial charge in [-0.1, -0.05) is 45.4 Å². The molecule has 1 N–H and O–H groups in total. The smallest absolute Gasteiger partial charge is 0.267 e. The number of rotatable bonds is 7. The second-order valence-corrected chi connectivity index (χ2v) is 6.72. The van der Waals surface area contributed by atoms with Crippen molar-refractivity contribution >= 4 is 11.6 Å². The normalized spacial score (nSPS) is 11.5. The van der Waals surface area contributed by atoms with Crippen LogP contribution < -0.4 is 5.32 Å². The van der Waals surface area contributed by atoms with Crippen LogP contribution in [-0.4, -0.2) is 23.9 Å². The standard InChI is InChI=1S/C19H27N3O/c1-14(2)11-22(12-15(3)4)13-17(10-20)19(23)21-18-8-6-16(5)7-9-18/h6-9,13-15H,11-12H2,1-5H3,(H,21,23)/b17-13-. The maximum atomic E-state index is 12.3. The fraction of sp³-hybridized carbons (Fsp3) is 0.474. The van der Waals surface area contributed by atoms with E-state index >= 15 is 0 Å². The number of benzene rings is 1. The monoisotopic (exact) mass is 313 g/mol. The van der Waals surface area contributed by atoms with Crippen LogP contribution in [0.5, 0.6) is 0 Å². The zero-order valence-electron chi connectivity index (χ0n) is 14.8. The lowest BCUT2D eigenvalue weighted by molar-refractivity contribution is -0.112. The van der Waals surface area contributed by atoms with E-state index in [9.17, 15) is 10.1 Å². The predicted molar refractivity (Wildman–Crippen MR) is 94.8 cm³/mol. The molecule has 0 fully saturated rings. The zero-order chi connectivity index (χ0) is 17.4. The highest BCUT2D eigenvalue weighted by molar-refractivity contribution is 6.06. The summed E-state index contributed by atoms with van der Waals surface area (Å²) in [6.45, 7) is 12.1. The molecule has 0 aliphatic rings. The minimum atomic E-state index is -0.367. The fourth-order valence-electron chi connectivity index (χ4n) is 2.27. The minimum absolute atomic E-state index is 0.131. The molecule has 0 spiro atoms. The number of hydrogen-bond acceptors (Lipinski definition) is 3. The van der Waals surface area contributed by atoms with Crippen molar-refractivity contribution in [1.82, 2.24) is 4.90 Å². The molecule has 0 saturated carbocycles. The van der Waals surface area contributed by atoms with Gasteiger partial charge in [0.25, 0.3) is 5.91 Å². The Morgan fingerprint density at radius 2 is 1.70 bits per heavy atom. The van der Waals surface area contributed by atoms with E-state index in [4.69, 9.17) is 0 Å². The van der Waals surface area contributed by atoms with Crippen LogP contribution in [0, 0.1) is 30.1 Å². The molecule has 0 aromatic heterocycles. The highest BCUT2D eigenvalue weighted by Crippen LogP contribution is 2.12. The molecule has 4 nitrogen and oxygen atoms in total. The quantitative estimate of drug-likeness (QED) is 0.612. The van der Waals surface area contributed by atoms with Crippen LogP contribution in [0.2, 0.25) is 0 Å². The van der Waals surface area contributed by atoms with Crippen LogP contribution in [0.4, 0.5) is 5.69 Å². The van der Waals surface area contributed by atoms with Crippen LogP contribution in [0.3, 0.4) is 0 Å². The van der Waals surface area contributed by atoms with E-state index in [0.717, 1.165) is 18.7 Å².